The molecule has 1 aliphatic rings. The lowest BCUT2D eigenvalue weighted by Gasteiger charge is -2.34. The number of carbonyl (C=O) groups excluding carboxylic acids is 1. The van der Waals surface area contributed by atoms with Crippen LogP contribution in [-0.2, 0) is 0 Å². The maximum Gasteiger partial charge on any atom is 0.433 e. The first-order valence-corrected chi connectivity index (χ1v) is 6.01. The zero-order valence-electron chi connectivity index (χ0n) is 10.5. The van der Waals surface area contributed by atoms with E-state index in [9.17, 15) is 14.9 Å². The second-order valence-electron chi connectivity index (χ2n) is 5.05. The van der Waals surface area contributed by atoms with Gasteiger partial charge in [-0.05, 0) is 24.3 Å². The summed E-state index contributed by atoms with van der Waals surface area (Å²) in [6.07, 6.45) is 1.10. The van der Waals surface area contributed by atoms with Gasteiger partial charge in [0.15, 0.2) is 5.76 Å². The number of carbonyl (C=O) groups is 1. The quantitative estimate of drug-likeness (QED) is 0.597. The summed E-state index contributed by atoms with van der Waals surface area (Å²) in [5.41, 5.74) is 0. The van der Waals surface area contributed by atoms with Gasteiger partial charge in [-0.25, -0.2) is 0 Å². The molecule has 0 saturated carbocycles. The highest BCUT2D eigenvalue weighted by molar-refractivity contribution is 5.91. The first-order valence-electron chi connectivity index (χ1n) is 6.01. The fraction of sp³-hybridized carbons (Fsp3) is 0.583. The Morgan fingerprint density at radius 1 is 1.39 bits per heavy atom. The zero-order valence-corrected chi connectivity index (χ0v) is 10.5. The van der Waals surface area contributed by atoms with Gasteiger partial charge in [-0.2, -0.15) is 0 Å². The average molecular weight is 252 g/mol. The van der Waals surface area contributed by atoms with Crippen LogP contribution in [0.3, 0.4) is 0 Å². The van der Waals surface area contributed by atoms with Gasteiger partial charge in [-0.3, -0.25) is 14.9 Å². The van der Waals surface area contributed by atoms with Gasteiger partial charge in [-0.1, -0.05) is 13.8 Å². The monoisotopic (exact) mass is 252 g/mol. The molecule has 2 rings (SSSR count). The van der Waals surface area contributed by atoms with Crippen molar-refractivity contribution in [2.75, 3.05) is 13.1 Å². The summed E-state index contributed by atoms with van der Waals surface area (Å²) in [5.74, 6) is 0.284. The number of nitro groups is 1. The third-order valence-corrected chi connectivity index (χ3v) is 3.14. The van der Waals surface area contributed by atoms with Crippen molar-refractivity contribution in [2.45, 2.75) is 20.3 Å². The Morgan fingerprint density at radius 2 is 2.00 bits per heavy atom. The normalized spacial score (nSPS) is 24.0. The van der Waals surface area contributed by atoms with Crippen molar-refractivity contribution in [3.63, 3.8) is 0 Å². The van der Waals surface area contributed by atoms with Gasteiger partial charge >= 0.3 is 5.88 Å². The summed E-state index contributed by atoms with van der Waals surface area (Å²) >= 11 is 0. The molecule has 98 valence electrons. The molecular formula is C12H16N2O4. The highest BCUT2D eigenvalue weighted by Gasteiger charge is 2.28. The molecule has 1 aliphatic heterocycles. The maximum atomic E-state index is 12.1. The average Bonchev–Trinajstić information content (AvgIpc) is 2.75. The number of rotatable bonds is 2. The van der Waals surface area contributed by atoms with E-state index in [1.807, 2.05) is 0 Å². The number of piperidine rings is 1. The van der Waals surface area contributed by atoms with Crippen molar-refractivity contribution in [3.8, 4) is 0 Å². The highest BCUT2D eigenvalue weighted by Crippen LogP contribution is 2.24. The van der Waals surface area contributed by atoms with Crippen LogP contribution in [0.1, 0.15) is 30.8 Å². The molecule has 0 N–H and O–H groups in total. The standard InChI is InChI=1S/C12H16N2O4/c1-8-5-9(2)7-13(6-8)12(15)10-3-4-11(18-10)14(16)17/h3-4,8-9H,5-7H2,1-2H3/t8-,9+. The predicted octanol–water partition coefficient (Wildman–Crippen LogP) is 2.31. The van der Waals surface area contributed by atoms with Crippen molar-refractivity contribution in [3.05, 3.63) is 28.0 Å². The topological polar surface area (TPSA) is 76.6 Å². The summed E-state index contributed by atoms with van der Waals surface area (Å²) < 4.78 is 4.94. The van der Waals surface area contributed by atoms with E-state index in [4.69, 9.17) is 4.42 Å². The van der Waals surface area contributed by atoms with Crippen LogP contribution in [0.15, 0.2) is 16.5 Å². The zero-order chi connectivity index (χ0) is 13.3. The summed E-state index contributed by atoms with van der Waals surface area (Å²) in [4.78, 5) is 23.7. The van der Waals surface area contributed by atoms with Crippen molar-refractivity contribution < 1.29 is 14.1 Å². The minimum absolute atomic E-state index is 0.0444. The molecule has 1 saturated heterocycles. The maximum absolute atomic E-state index is 12.1. The van der Waals surface area contributed by atoms with E-state index in [-0.39, 0.29) is 11.7 Å². The fourth-order valence-electron chi connectivity index (χ4n) is 2.53. The van der Waals surface area contributed by atoms with Gasteiger partial charge in [0, 0.05) is 13.1 Å². The number of hydrogen-bond acceptors (Lipinski definition) is 4. The van der Waals surface area contributed by atoms with Crippen LogP contribution in [0.4, 0.5) is 5.88 Å². The van der Waals surface area contributed by atoms with E-state index in [1.54, 1.807) is 4.90 Å². The third kappa shape index (κ3) is 2.52. The van der Waals surface area contributed by atoms with Gasteiger partial charge in [0.1, 0.15) is 4.92 Å². The Morgan fingerprint density at radius 3 is 2.50 bits per heavy atom. The number of furan rings is 1. The molecule has 6 nitrogen and oxygen atoms in total. The molecular weight excluding hydrogens is 236 g/mol. The van der Waals surface area contributed by atoms with Crippen molar-refractivity contribution in [1.82, 2.24) is 4.90 Å². The molecule has 0 unspecified atom stereocenters. The Hall–Kier alpha value is -1.85. The summed E-state index contributed by atoms with van der Waals surface area (Å²) in [6.45, 7) is 5.55. The van der Waals surface area contributed by atoms with Gasteiger partial charge < -0.3 is 9.32 Å². The second kappa shape index (κ2) is 4.80. The van der Waals surface area contributed by atoms with Crippen LogP contribution < -0.4 is 0 Å². The number of amides is 1. The van der Waals surface area contributed by atoms with Crippen molar-refractivity contribution in [2.24, 2.45) is 11.8 Å². The molecule has 0 aromatic carbocycles. The van der Waals surface area contributed by atoms with Gasteiger partial charge in [0.2, 0.25) is 0 Å². The first-order chi connectivity index (χ1) is 8.47. The predicted molar refractivity (Wildman–Crippen MR) is 64.2 cm³/mol. The van der Waals surface area contributed by atoms with E-state index in [2.05, 4.69) is 13.8 Å². The Kier molecular flexibility index (Phi) is 3.36. The molecule has 6 heteroatoms. The molecule has 1 fully saturated rings. The van der Waals surface area contributed by atoms with Crippen LogP contribution in [-0.4, -0.2) is 28.8 Å². The van der Waals surface area contributed by atoms with Gasteiger partial charge in [0.05, 0.1) is 6.07 Å². The van der Waals surface area contributed by atoms with E-state index in [1.165, 1.54) is 12.1 Å². The number of hydrogen-bond donors (Lipinski definition) is 0. The van der Waals surface area contributed by atoms with Crippen LogP contribution in [0, 0.1) is 22.0 Å². The molecule has 2 heterocycles. The third-order valence-electron chi connectivity index (χ3n) is 3.14. The van der Waals surface area contributed by atoms with E-state index < -0.39 is 10.8 Å². The minimum Gasteiger partial charge on any atom is -0.395 e. The van der Waals surface area contributed by atoms with Crippen molar-refractivity contribution >= 4 is 11.8 Å². The van der Waals surface area contributed by atoms with Gasteiger partial charge in [-0.15, -0.1) is 0 Å². The smallest absolute Gasteiger partial charge is 0.395 e. The summed E-state index contributed by atoms with van der Waals surface area (Å²) in [5, 5.41) is 10.5. The van der Waals surface area contributed by atoms with Crippen LogP contribution >= 0.6 is 0 Å². The molecule has 1 aromatic rings. The fourth-order valence-corrected chi connectivity index (χ4v) is 2.53. The molecule has 2 atom stereocenters. The summed E-state index contributed by atoms with van der Waals surface area (Å²) in [6, 6.07) is 2.58. The Labute approximate surface area is 105 Å². The number of likely N-dealkylation sites (tertiary alicyclic amines) is 1. The molecule has 0 bridgehead atoms. The first kappa shape index (κ1) is 12.6. The molecule has 1 amide bonds. The molecule has 0 aliphatic carbocycles. The molecule has 0 radical (unpaired) electrons. The summed E-state index contributed by atoms with van der Waals surface area (Å²) in [7, 11) is 0. The van der Waals surface area contributed by atoms with Crippen LogP contribution in [0.25, 0.3) is 0 Å². The van der Waals surface area contributed by atoms with E-state index in [0.29, 0.717) is 24.9 Å². The molecule has 18 heavy (non-hydrogen) atoms. The minimum atomic E-state index is -0.641. The van der Waals surface area contributed by atoms with Crippen LogP contribution in [0.5, 0.6) is 0 Å². The van der Waals surface area contributed by atoms with E-state index in [0.717, 1.165) is 6.42 Å². The van der Waals surface area contributed by atoms with E-state index >= 15 is 0 Å². The Bertz CT molecular complexity index is 458. The second-order valence-corrected chi connectivity index (χ2v) is 5.05. The van der Waals surface area contributed by atoms with Crippen LogP contribution in [0.2, 0.25) is 0 Å². The lowest BCUT2D eigenvalue weighted by atomic mass is 9.92. The van der Waals surface area contributed by atoms with Crippen molar-refractivity contribution in [1.29, 1.82) is 0 Å². The lowest BCUT2D eigenvalue weighted by molar-refractivity contribution is -0.402. The van der Waals surface area contributed by atoms with Gasteiger partial charge in [0.25, 0.3) is 5.91 Å². The number of nitrogens with zero attached hydrogens (tertiary/aromatic N) is 2. The largest absolute Gasteiger partial charge is 0.433 e. The lowest BCUT2D eigenvalue weighted by Crippen LogP contribution is -2.42. The highest BCUT2D eigenvalue weighted by atomic mass is 16.6. The SMILES string of the molecule is C[C@@H]1C[C@H](C)CN(C(=O)c2ccc([N+](=O)[O-])o2)C1. The molecule has 1 aromatic heterocycles. The Balaban J connectivity index is 2.12. The molecule has 0 spiro atoms.